The number of rotatable bonds is 6. The van der Waals surface area contributed by atoms with Crippen LogP contribution >= 0.6 is 35.7 Å². The van der Waals surface area contributed by atoms with E-state index in [4.69, 9.17) is 5.73 Å². The molecule has 0 aliphatic rings. The third-order valence-corrected chi connectivity index (χ3v) is 7.08. The molecule has 0 aliphatic heterocycles. The standard InChI is InChI=1S/C15H22N2S2.C9H12S.C3H8/c1-6-7-8-10(2)11(3)9-18-12(4)14-15(16)17-13(5)19-14;1-7-3-5-9(6-4-7)8(2)10;1-3-2/h6-9,12H,16H2,1-5H3;3-6,8,10H,1-2H3;3H2,1-2H3/b7-6-,10-8+,11-9+;;. The highest BCUT2D eigenvalue weighted by Gasteiger charge is 2.13. The zero-order valence-electron chi connectivity index (χ0n) is 21.3. The van der Waals surface area contributed by atoms with Gasteiger partial charge in [0, 0.05) is 10.5 Å². The van der Waals surface area contributed by atoms with Gasteiger partial charge in [0.05, 0.1) is 9.88 Å². The number of thioether (sulfide) groups is 1. The smallest absolute Gasteiger partial charge is 0.139 e. The fraction of sp³-hybridized carbons (Fsp3) is 0.444. The molecular formula is C27H42N2S3. The summed E-state index contributed by atoms with van der Waals surface area (Å²) in [6.07, 6.45) is 7.47. The molecule has 1 aromatic heterocycles. The number of thiazole rings is 1. The maximum absolute atomic E-state index is 5.92. The average Bonchev–Trinajstić information content (AvgIpc) is 3.09. The van der Waals surface area contributed by atoms with Gasteiger partial charge in [0.1, 0.15) is 5.82 Å². The number of hydrogen-bond donors (Lipinski definition) is 2. The van der Waals surface area contributed by atoms with Crippen molar-refractivity contribution in [2.45, 2.75) is 79.2 Å². The van der Waals surface area contributed by atoms with Gasteiger partial charge in [-0.3, -0.25) is 0 Å². The number of benzene rings is 1. The molecule has 2 N–H and O–H groups in total. The fourth-order valence-corrected chi connectivity index (χ4v) is 4.43. The molecule has 0 saturated carbocycles. The van der Waals surface area contributed by atoms with E-state index in [0.717, 1.165) is 5.01 Å². The van der Waals surface area contributed by atoms with Gasteiger partial charge < -0.3 is 5.73 Å². The molecule has 2 aromatic rings. The Morgan fingerprint density at radius 3 is 2.12 bits per heavy atom. The molecule has 2 nitrogen and oxygen atoms in total. The summed E-state index contributed by atoms with van der Waals surface area (Å²) >= 11 is 7.80. The molecule has 0 fully saturated rings. The average molecular weight is 491 g/mol. The highest BCUT2D eigenvalue weighted by molar-refractivity contribution is 8.02. The van der Waals surface area contributed by atoms with Crippen LogP contribution in [0, 0.1) is 13.8 Å². The van der Waals surface area contributed by atoms with E-state index in [1.54, 1.807) is 23.1 Å². The Morgan fingerprint density at radius 2 is 1.69 bits per heavy atom. The highest BCUT2D eigenvalue weighted by Crippen LogP contribution is 2.37. The minimum absolute atomic E-state index is 0.343. The molecule has 0 bridgehead atoms. The first-order valence-electron chi connectivity index (χ1n) is 11.2. The number of allylic oxidation sites excluding steroid dienone is 5. The summed E-state index contributed by atoms with van der Waals surface area (Å²) < 4.78 is 0. The van der Waals surface area contributed by atoms with E-state index in [1.807, 2.05) is 19.9 Å². The minimum Gasteiger partial charge on any atom is -0.383 e. The van der Waals surface area contributed by atoms with Crippen LogP contribution in [0.3, 0.4) is 0 Å². The van der Waals surface area contributed by atoms with Crippen LogP contribution in [0.15, 0.2) is 59.0 Å². The summed E-state index contributed by atoms with van der Waals surface area (Å²) in [7, 11) is 0. The Bertz CT molecular complexity index is 860. The first-order valence-corrected chi connectivity index (χ1v) is 13.4. The molecule has 178 valence electrons. The second kappa shape index (κ2) is 17.1. The number of hydrogen-bond acceptors (Lipinski definition) is 5. The van der Waals surface area contributed by atoms with Crippen LogP contribution in [-0.4, -0.2) is 4.98 Å². The molecule has 0 aliphatic carbocycles. The molecule has 1 aromatic carbocycles. The SMILES string of the molecule is CCC.C\C=C/C=C(C)/C(C)=C/SC(C)c1sc(C)nc1N.Cc1ccc(C(C)S)cc1. The van der Waals surface area contributed by atoms with Gasteiger partial charge in [-0.1, -0.05) is 68.3 Å². The number of nitrogens with zero attached hydrogens (tertiary/aromatic N) is 1. The predicted molar refractivity (Wildman–Crippen MR) is 154 cm³/mol. The Hall–Kier alpha value is -1.43. The van der Waals surface area contributed by atoms with E-state index in [-0.39, 0.29) is 0 Å². The zero-order chi connectivity index (χ0) is 24.7. The van der Waals surface area contributed by atoms with Crippen LogP contribution in [0.4, 0.5) is 5.82 Å². The molecule has 0 spiro atoms. The maximum Gasteiger partial charge on any atom is 0.139 e. The minimum atomic E-state index is 0.343. The molecule has 5 heteroatoms. The number of nitrogen functional groups attached to an aromatic ring is 1. The summed E-state index contributed by atoms with van der Waals surface area (Å²) in [4.78, 5) is 5.44. The summed E-state index contributed by atoms with van der Waals surface area (Å²) in [6, 6.07) is 8.46. The van der Waals surface area contributed by atoms with Crippen LogP contribution in [0.25, 0.3) is 0 Å². The molecule has 0 saturated heterocycles. The lowest BCUT2D eigenvalue weighted by molar-refractivity contribution is 1.09. The van der Waals surface area contributed by atoms with Crippen LogP contribution in [0.2, 0.25) is 0 Å². The number of aromatic nitrogens is 1. The lowest BCUT2D eigenvalue weighted by Crippen LogP contribution is -1.92. The van der Waals surface area contributed by atoms with Crippen LogP contribution in [0.1, 0.15) is 86.4 Å². The van der Waals surface area contributed by atoms with Gasteiger partial charge in [0.2, 0.25) is 0 Å². The molecule has 32 heavy (non-hydrogen) atoms. The van der Waals surface area contributed by atoms with Gasteiger partial charge in [-0.25, -0.2) is 4.98 Å². The van der Waals surface area contributed by atoms with Gasteiger partial charge in [0.15, 0.2) is 0 Å². The topological polar surface area (TPSA) is 38.9 Å². The Morgan fingerprint density at radius 1 is 1.12 bits per heavy atom. The van der Waals surface area contributed by atoms with Crippen molar-refractivity contribution in [2.75, 3.05) is 5.73 Å². The lowest BCUT2D eigenvalue weighted by atomic mass is 10.1. The van der Waals surface area contributed by atoms with Gasteiger partial charge in [-0.15, -0.1) is 23.1 Å². The highest BCUT2D eigenvalue weighted by atomic mass is 32.2. The summed E-state index contributed by atoms with van der Waals surface area (Å²) in [6.45, 7) is 18.9. The molecule has 0 amide bonds. The molecule has 2 unspecified atom stereocenters. The van der Waals surface area contributed by atoms with Crippen LogP contribution in [0.5, 0.6) is 0 Å². The first kappa shape index (κ1) is 30.6. The Balaban J connectivity index is 0.000000615. The van der Waals surface area contributed by atoms with Crippen LogP contribution < -0.4 is 5.73 Å². The monoisotopic (exact) mass is 490 g/mol. The maximum atomic E-state index is 5.92. The fourth-order valence-electron chi connectivity index (χ4n) is 2.33. The predicted octanol–water partition coefficient (Wildman–Crippen LogP) is 9.66. The van der Waals surface area contributed by atoms with Gasteiger partial charge in [-0.05, 0) is 70.6 Å². The molecule has 2 atom stereocenters. The van der Waals surface area contributed by atoms with Gasteiger partial charge >= 0.3 is 0 Å². The lowest BCUT2D eigenvalue weighted by Gasteiger charge is -2.07. The van der Waals surface area contributed by atoms with E-state index in [0.29, 0.717) is 16.3 Å². The zero-order valence-corrected chi connectivity index (χ0v) is 23.8. The molecule has 1 heterocycles. The number of anilines is 1. The largest absolute Gasteiger partial charge is 0.383 e. The number of aryl methyl sites for hydroxylation is 2. The van der Waals surface area contributed by atoms with E-state index >= 15 is 0 Å². The van der Waals surface area contributed by atoms with Gasteiger partial charge in [-0.2, -0.15) is 12.6 Å². The van der Waals surface area contributed by atoms with E-state index in [1.165, 1.54) is 33.6 Å². The first-order chi connectivity index (χ1) is 15.1. The van der Waals surface area contributed by atoms with Crippen molar-refractivity contribution in [1.82, 2.24) is 4.98 Å². The van der Waals surface area contributed by atoms with Crippen molar-refractivity contribution in [1.29, 1.82) is 0 Å². The second-order valence-electron chi connectivity index (χ2n) is 7.73. The summed E-state index contributed by atoms with van der Waals surface area (Å²) in [5, 5.41) is 3.93. The Labute approximate surface area is 210 Å². The Kier molecular flexibility index (Phi) is 16.3. The van der Waals surface area contributed by atoms with E-state index < -0.39 is 0 Å². The van der Waals surface area contributed by atoms with Crippen molar-refractivity contribution < 1.29 is 0 Å². The van der Waals surface area contributed by atoms with E-state index in [2.05, 4.69) is 108 Å². The summed E-state index contributed by atoms with van der Waals surface area (Å²) in [5.41, 5.74) is 11.1. The van der Waals surface area contributed by atoms with Crippen molar-refractivity contribution in [3.8, 4) is 0 Å². The normalized spacial score (nSPS) is 13.7. The second-order valence-corrected chi connectivity index (χ2v) is 11.0. The van der Waals surface area contributed by atoms with Crippen LogP contribution in [-0.2, 0) is 0 Å². The van der Waals surface area contributed by atoms with Crippen molar-refractivity contribution in [2.24, 2.45) is 0 Å². The van der Waals surface area contributed by atoms with E-state index in [9.17, 15) is 0 Å². The molecule has 2 rings (SSSR count). The third kappa shape index (κ3) is 12.6. The molecule has 0 radical (unpaired) electrons. The van der Waals surface area contributed by atoms with Crippen molar-refractivity contribution in [3.63, 3.8) is 0 Å². The van der Waals surface area contributed by atoms with Gasteiger partial charge in [0.25, 0.3) is 0 Å². The third-order valence-electron chi connectivity index (χ3n) is 4.33. The molecular weight excluding hydrogens is 449 g/mol. The van der Waals surface area contributed by atoms with Crippen molar-refractivity contribution in [3.05, 3.63) is 80.1 Å². The number of thiol groups is 1. The summed E-state index contributed by atoms with van der Waals surface area (Å²) in [5.74, 6) is 0.676. The number of nitrogens with two attached hydrogens (primary N) is 1. The quantitative estimate of drug-likeness (QED) is 0.312. The van der Waals surface area contributed by atoms with Crippen molar-refractivity contribution >= 4 is 41.5 Å².